The summed E-state index contributed by atoms with van der Waals surface area (Å²) in [4.78, 5) is 11.9. The van der Waals surface area contributed by atoms with Gasteiger partial charge in [0.05, 0.1) is 19.9 Å². The van der Waals surface area contributed by atoms with Crippen LogP contribution in [-0.2, 0) is 0 Å². The SMILES string of the molecule is COc1ccc(/C=C/NC(=O)Nc2cc(Cl)ccc2OC)cc1. The first kappa shape index (κ1) is 16.7. The lowest BCUT2D eigenvalue weighted by atomic mass is 10.2. The molecule has 5 nitrogen and oxygen atoms in total. The maximum absolute atomic E-state index is 11.9. The lowest BCUT2D eigenvalue weighted by Crippen LogP contribution is -2.24. The standard InChI is InChI=1S/C17H17ClN2O3/c1-22-14-6-3-12(4-7-14)9-10-19-17(21)20-15-11-13(18)5-8-16(15)23-2/h3-11H,1-2H3,(H2,19,20,21)/b10-9+. The summed E-state index contributed by atoms with van der Waals surface area (Å²) in [5.74, 6) is 1.31. The lowest BCUT2D eigenvalue weighted by molar-refractivity contribution is 0.255. The fraction of sp³-hybridized carbons (Fsp3) is 0.118. The van der Waals surface area contributed by atoms with Gasteiger partial charge < -0.3 is 20.1 Å². The second-order valence-electron chi connectivity index (χ2n) is 4.55. The highest BCUT2D eigenvalue weighted by molar-refractivity contribution is 6.31. The Labute approximate surface area is 139 Å². The molecule has 6 heteroatoms. The van der Waals surface area contributed by atoms with Crippen molar-refractivity contribution in [3.05, 3.63) is 59.3 Å². The molecule has 2 rings (SSSR count). The van der Waals surface area contributed by atoms with Crippen LogP contribution in [0.4, 0.5) is 10.5 Å². The van der Waals surface area contributed by atoms with Crippen molar-refractivity contribution < 1.29 is 14.3 Å². The molecule has 0 radical (unpaired) electrons. The van der Waals surface area contributed by atoms with Gasteiger partial charge >= 0.3 is 6.03 Å². The van der Waals surface area contributed by atoms with E-state index in [4.69, 9.17) is 21.1 Å². The molecule has 0 bridgehead atoms. The first-order valence-electron chi connectivity index (χ1n) is 6.84. The first-order valence-corrected chi connectivity index (χ1v) is 7.22. The molecule has 2 N–H and O–H groups in total. The fourth-order valence-electron chi connectivity index (χ4n) is 1.86. The first-order chi connectivity index (χ1) is 11.1. The van der Waals surface area contributed by atoms with E-state index in [-0.39, 0.29) is 0 Å². The number of halogens is 1. The second-order valence-corrected chi connectivity index (χ2v) is 4.99. The molecule has 0 aliphatic heterocycles. The summed E-state index contributed by atoms with van der Waals surface area (Å²) in [5, 5.41) is 5.80. The van der Waals surface area contributed by atoms with E-state index in [0.29, 0.717) is 16.5 Å². The zero-order valence-corrected chi connectivity index (χ0v) is 13.6. The average Bonchev–Trinajstić information content (AvgIpc) is 2.56. The Balaban J connectivity index is 1.94. The van der Waals surface area contributed by atoms with Gasteiger partial charge in [-0.2, -0.15) is 0 Å². The van der Waals surface area contributed by atoms with Gasteiger partial charge in [0.2, 0.25) is 0 Å². The van der Waals surface area contributed by atoms with Crippen LogP contribution in [0.1, 0.15) is 5.56 Å². The van der Waals surface area contributed by atoms with E-state index in [1.807, 2.05) is 24.3 Å². The summed E-state index contributed by atoms with van der Waals surface area (Å²) >= 11 is 5.91. The van der Waals surface area contributed by atoms with Gasteiger partial charge in [0, 0.05) is 11.2 Å². The molecule has 0 saturated carbocycles. The van der Waals surface area contributed by atoms with E-state index in [0.717, 1.165) is 11.3 Å². The summed E-state index contributed by atoms with van der Waals surface area (Å²) in [6.07, 6.45) is 3.32. The summed E-state index contributed by atoms with van der Waals surface area (Å²) < 4.78 is 10.2. The highest BCUT2D eigenvalue weighted by Gasteiger charge is 2.06. The number of nitrogens with one attached hydrogen (secondary N) is 2. The summed E-state index contributed by atoms with van der Waals surface area (Å²) in [6, 6.07) is 12.1. The highest BCUT2D eigenvalue weighted by Crippen LogP contribution is 2.27. The van der Waals surface area contributed by atoms with Crippen molar-refractivity contribution in [2.45, 2.75) is 0 Å². The molecular formula is C17H17ClN2O3. The number of carbonyl (C=O) groups is 1. The number of ether oxygens (including phenoxy) is 2. The van der Waals surface area contributed by atoms with E-state index >= 15 is 0 Å². The molecule has 0 unspecified atom stereocenters. The molecule has 23 heavy (non-hydrogen) atoms. The molecule has 0 heterocycles. The van der Waals surface area contributed by atoms with Gasteiger partial charge in [-0.3, -0.25) is 0 Å². The van der Waals surface area contributed by atoms with Crippen LogP contribution >= 0.6 is 11.6 Å². The van der Waals surface area contributed by atoms with Crippen molar-refractivity contribution in [1.29, 1.82) is 0 Å². The van der Waals surface area contributed by atoms with E-state index in [1.54, 1.807) is 37.6 Å². The van der Waals surface area contributed by atoms with Crippen molar-refractivity contribution in [1.82, 2.24) is 5.32 Å². The Morgan fingerprint density at radius 3 is 2.48 bits per heavy atom. The smallest absolute Gasteiger partial charge is 0.323 e. The number of urea groups is 1. The Morgan fingerprint density at radius 2 is 1.83 bits per heavy atom. The number of hydrogen-bond donors (Lipinski definition) is 2. The van der Waals surface area contributed by atoms with Crippen LogP contribution in [0, 0.1) is 0 Å². The largest absolute Gasteiger partial charge is 0.497 e. The van der Waals surface area contributed by atoms with Gasteiger partial charge in [0.15, 0.2) is 0 Å². The molecule has 2 aromatic carbocycles. The number of methoxy groups -OCH3 is 2. The number of hydrogen-bond acceptors (Lipinski definition) is 3. The van der Waals surface area contributed by atoms with Crippen molar-refractivity contribution in [2.75, 3.05) is 19.5 Å². The van der Waals surface area contributed by atoms with Crippen LogP contribution in [0.5, 0.6) is 11.5 Å². The highest BCUT2D eigenvalue weighted by atomic mass is 35.5. The molecule has 0 aliphatic rings. The Hall–Kier alpha value is -2.66. The maximum atomic E-state index is 11.9. The molecule has 0 aromatic heterocycles. The van der Waals surface area contributed by atoms with E-state index in [9.17, 15) is 4.79 Å². The summed E-state index contributed by atoms with van der Waals surface area (Å²) in [7, 11) is 3.14. The minimum Gasteiger partial charge on any atom is -0.497 e. The summed E-state index contributed by atoms with van der Waals surface area (Å²) in [6.45, 7) is 0. The van der Waals surface area contributed by atoms with Crippen LogP contribution in [0.25, 0.3) is 6.08 Å². The number of benzene rings is 2. The zero-order valence-electron chi connectivity index (χ0n) is 12.8. The predicted octanol–water partition coefficient (Wildman–Crippen LogP) is 4.15. The van der Waals surface area contributed by atoms with Crippen LogP contribution in [0.15, 0.2) is 48.7 Å². The third-order valence-corrected chi connectivity index (χ3v) is 3.25. The molecule has 2 aromatic rings. The third-order valence-electron chi connectivity index (χ3n) is 3.02. The Bertz CT molecular complexity index is 699. The average molecular weight is 333 g/mol. The van der Waals surface area contributed by atoms with Crippen molar-refractivity contribution in [2.24, 2.45) is 0 Å². The molecule has 0 atom stereocenters. The predicted molar refractivity (Wildman–Crippen MR) is 92.2 cm³/mol. The van der Waals surface area contributed by atoms with Crippen LogP contribution in [0.3, 0.4) is 0 Å². The number of amides is 2. The molecule has 0 aliphatic carbocycles. The number of carbonyl (C=O) groups excluding carboxylic acids is 1. The van der Waals surface area contributed by atoms with E-state index in [2.05, 4.69) is 10.6 Å². The molecular weight excluding hydrogens is 316 g/mol. The Morgan fingerprint density at radius 1 is 1.09 bits per heavy atom. The van der Waals surface area contributed by atoms with Gasteiger partial charge in [-0.1, -0.05) is 23.7 Å². The van der Waals surface area contributed by atoms with Gasteiger partial charge in [-0.05, 0) is 42.0 Å². The molecule has 120 valence electrons. The van der Waals surface area contributed by atoms with Gasteiger partial charge in [-0.15, -0.1) is 0 Å². The maximum Gasteiger partial charge on any atom is 0.323 e. The minimum absolute atomic E-state index is 0.393. The van der Waals surface area contributed by atoms with Gasteiger partial charge in [0.1, 0.15) is 11.5 Å². The fourth-order valence-corrected chi connectivity index (χ4v) is 2.04. The summed E-state index contributed by atoms with van der Waals surface area (Å²) in [5.41, 5.74) is 1.43. The van der Waals surface area contributed by atoms with E-state index < -0.39 is 6.03 Å². The van der Waals surface area contributed by atoms with Crippen molar-refractivity contribution in [3.63, 3.8) is 0 Å². The van der Waals surface area contributed by atoms with E-state index in [1.165, 1.54) is 7.11 Å². The van der Waals surface area contributed by atoms with Gasteiger partial charge in [-0.25, -0.2) is 4.79 Å². The van der Waals surface area contributed by atoms with Crippen molar-refractivity contribution in [3.8, 4) is 11.5 Å². The quantitative estimate of drug-likeness (QED) is 0.864. The lowest BCUT2D eigenvalue weighted by Gasteiger charge is -2.10. The molecule has 0 saturated heterocycles. The normalized spacial score (nSPS) is 10.4. The molecule has 2 amide bonds. The second kappa shape index (κ2) is 8.10. The Kier molecular flexibility index (Phi) is 5.88. The zero-order chi connectivity index (χ0) is 16.7. The number of rotatable bonds is 5. The van der Waals surface area contributed by atoms with Gasteiger partial charge in [0.25, 0.3) is 0 Å². The van der Waals surface area contributed by atoms with Crippen LogP contribution < -0.4 is 20.1 Å². The minimum atomic E-state index is -0.393. The molecule has 0 spiro atoms. The van der Waals surface area contributed by atoms with Crippen LogP contribution in [-0.4, -0.2) is 20.3 Å². The monoisotopic (exact) mass is 332 g/mol. The number of anilines is 1. The molecule has 0 fully saturated rings. The third kappa shape index (κ3) is 4.93. The van der Waals surface area contributed by atoms with Crippen molar-refractivity contribution >= 4 is 29.4 Å². The van der Waals surface area contributed by atoms with Crippen LogP contribution in [0.2, 0.25) is 5.02 Å². The topological polar surface area (TPSA) is 59.6 Å².